The van der Waals surface area contributed by atoms with Crippen molar-refractivity contribution in [2.75, 3.05) is 0 Å². The van der Waals surface area contributed by atoms with E-state index in [0.717, 1.165) is 38.8 Å². The van der Waals surface area contributed by atoms with Crippen molar-refractivity contribution >= 4 is 12.4 Å². The zero-order valence-electron chi connectivity index (χ0n) is 33.7. The van der Waals surface area contributed by atoms with E-state index in [1.807, 2.05) is 106 Å². The van der Waals surface area contributed by atoms with Gasteiger partial charge in [-0.15, -0.1) is 0 Å². The molecule has 0 saturated carbocycles. The molecule has 0 fully saturated rings. The van der Waals surface area contributed by atoms with Gasteiger partial charge in [0.2, 0.25) is 0 Å². The maximum atomic E-state index is 9.02. The quantitative estimate of drug-likeness (QED) is 0.182. The Morgan fingerprint density at radius 2 is 1.15 bits per heavy atom. The molecule has 48 heavy (non-hydrogen) atoms. The molecule has 0 bridgehead atoms. The molecule has 0 N–H and O–H groups in total. The largest absolute Gasteiger partial charge is 0.553 e. The molecule has 2 aliphatic heterocycles. The van der Waals surface area contributed by atoms with E-state index in [4.69, 9.17) is 22.4 Å². The molecule has 0 aliphatic carbocycles. The van der Waals surface area contributed by atoms with E-state index in [1.165, 1.54) is 0 Å². The average molecular weight is 633 g/mol. The number of aryl methyl sites for hydroxylation is 2. The lowest BCUT2D eigenvalue weighted by molar-refractivity contribution is 0.419. The molecule has 1 atom stereocenters. The summed E-state index contributed by atoms with van der Waals surface area (Å²) in [6.45, 7) is 4.43. The van der Waals surface area contributed by atoms with Gasteiger partial charge in [0, 0.05) is 41.4 Å². The standard InChI is InChI=1S/C44H39BO3/c1-26-22-24-30(28(3)40(26)32-14-12-17-35-42(32)46-37-19-9-8-16-34(37)44(35,5)6)31-25-23-27(2)41(29(31)4)33-15-13-18-36-43(33)47-38-20-10-11-21-39(38)48-45(36)7/h8-25H,1-7H3/i3D3,5D3. The molecule has 236 valence electrons. The van der Waals surface area contributed by atoms with Gasteiger partial charge in [0.05, 0.1) is 0 Å². The highest BCUT2D eigenvalue weighted by Gasteiger charge is 2.36. The molecular weight excluding hydrogens is 587 g/mol. The van der Waals surface area contributed by atoms with Crippen molar-refractivity contribution < 1.29 is 22.4 Å². The van der Waals surface area contributed by atoms with E-state index >= 15 is 0 Å². The molecule has 4 heteroatoms. The highest BCUT2D eigenvalue weighted by Crippen LogP contribution is 2.52. The van der Waals surface area contributed by atoms with E-state index < -0.39 is 19.1 Å². The Bertz CT molecular complexity index is 2490. The van der Waals surface area contributed by atoms with E-state index in [0.29, 0.717) is 56.6 Å². The van der Waals surface area contributed by atoms with E-state index in [9.17, 15) is 0 Å². The second-order valence-corrected chi connectivity index (χ2v) is 13.0. The summed E-state index contributed by atoms with van der Waals surface area (Å²) in [5.74, 6) is 2.78. The predicted molar refractivity (Wildman–Crippen MR) is 199 cm³/mol. The fourth-order valence-electron chi connectivity index (χ4n) is 7.47. The number of hydrogen-bond acceptors (Lipinski definition) is 3. The van der Waals surface area contributed by atoms with Gasteiger partial charge in [0.25, 0.3) is 0 Å². The lowest BCUT2D eigenvalue weighted by atomic mass is 9.62. The fourth-order valence-corrected chi connectivity index (χ4v) is 7.47. The molecule has 6 aromatic carbocycles. The Kier molecular flexibility index (Phi) is 5.60. The van der Waals surface area contributed by atoms with Crippen LogP contribution in [0.15, 0.2) is 109 Å². The summed E-state index contributed by atoms with van der Waals surface area (Å²) < 4.78 is 72.7. The van der Waals surface area contributed by atoms with Gasteiger partial charge >= 0.3 is 6.92 Å². The van der Waals surface area contributed by atoms with Crippen molar-refractivity contribution in [3.63, 3.8) is 0 Å². The third-order valence-electron chi connectivity index (χ3n) is 9.96. The van der Waals surface area contributed by atoms with E-state index in [1.54, 1.807) is 31.2 Å². The van der Waals surface area contributed by atoms with Gasteiger partial charge < -0.3 is 14.1 Å². The average Bonchev–Trinajstić information content (AvgIpc) is 3.27. The van der Waals surface area contributed by atoms with Crippen molar-refractivity contribution in [2.24, 2.45) is 0 Å². The molecule has 8 rings (SSSR count). The molecule has 0 aromatic heterocycles. The minimum absolute atomic E-state index is 0.172. The molecule has 0 spiro atoms. The molecule has 0 amide bonds. The zero-order valence-corrected chi connectivity index (χ0v) is 27.7. The smallest absolute Gasteiger partial charge is 0.392 e. The van der Waals surface area contributed by atoms with Crippen LogP contribution in [0, 0.1) is 27.6 Å². The Balaban J connectivity index is 1.36. The summed E-state index contributed by atoms with van der Waals surface area (Å²) in [5, 5.41) is 0. The van der Waals surface area contributed by atoms with Crippen LogP contribution in [0.1, 0.15) is 55.4 Å². The number of para-hydroxylation sites is 5. The lowest BCUT2D eigenvalue weighted by Gasteiger charge is -2.35. The van der Waals surface area contributed by atoms with Crippen LogP contribution >= 0.6 is 0 Å². The summed E-state index contributed by atoms with van der Waals surface area (Å²) in [7, 11) is 0. The normalized spacial score (nSPS) is 18.3. The zero-order chi connectivity index (χ0) is 38.3. The first-order chi connectivity index (χ1) is 25.6. The second kappa shape index (κ2) is 11.2. The maximum absolute atomic E-state index is 9.02. The number of hydrogen-bond donors (Lipinski definition) is 0. The number of benzene rings is 6. The molecule has 6 aromatic rings. The van der Waals surface area contributed by atoms with Crippen molar-refractivity contribution in [1.29, 1.82) is 0 Å². The van der Waals surface area contributed by atoms with Crippen molar-refractivity contribution in [3.05, 3.63) is 143 Å². The van der Waals surface area contributed by atoms with E-state index in [-0.39, 0.29) is 12.5 Å². The van der Waals surface area contributed by atoms with Crippen LogP contribution in [0.2, 0.25) is 6.82 Å². The third kappa shape index (κ3) is 4.58. The topological polar surface area (TPSA) is 27.7 Å². The molecule has 0 saturated heterocycles. The van der Waals surface area contributed by atoms with E-state index in [2.05, 4.69) is 6.92 Å². The first-order valence-corrected chi connectivity index (χ1v) is 16.3. The van der Waals surface area contributed by atoms with Gasteiger partial charge in [-0.25, -0.2) is 0 Å². The van der Waals surface area contributed by atoms with Crippen LogP contribution in [0.3, 0.4) is 0 Å². The van der Waals surface area contributed by atoms with Crippen LogP contribution in [0.5, 0.6) is 28.7 Å². The van der Waals surface area contributed by atoms with Crippen LogP contribution in [0.4, 0.5) is 0 Å². The minimum Gasteiger partial charge on any atom is -0.553 e. The lowest BCUT2D eigenvalue weighted by Crippen LogP contribution is -2.32. The Morgan fingerprint density at radius 1 is 0.562 bits per heavy atom. The molecule has 0 radical (unpaired) electrons. The first kappa shape index (κ1) is 24.0. The molecular formula is C44H39BO3. The van der Waals surface area contributed by atoms with Gasteiger partial charge in [-0.2, -0.15) is 0 Å². The Morgan fingerprint density at radius 3 is 1.88 bits per heavy atom. The van der Waals surface area contributed by atoms with Crippen molar-refractivity contribution in [3.8, 4) is 62.1 Å². The molecule has 3 nitrogen and oxygen atoms in total. The predicted octanol–water partition coefficient (Wildman–Crippen LogP) is 11.4. The molecule has 2 heterocycles. The maximum Gasteiger partial charge on any atom is 0.392 e. The van der Waals surface area contributed by atoms with Crippen LogP contribution in [-0.4, -0.2) is 6.92 Å². The molecule has 1 unspecified atom stereocenters. The van der Waals surface area contributed by atoms with Crippen molar-refractivity contribution in [2.45, 2.75) is 53.6 Å². The third-order valence-corrected chi connectivity index (χ3v) is 9.96. The fraction of sp³-hybridized carbons (Fsp3) is 0.182. The van der Waals surface area contributed by atoms with Gasteiger partial charge in [-0.05, 0) is 97.2 Å². The number of rotatable bonds is 3. The summed E-state index contributed by atoms with van der Waals surface area (Å²) >= 11 is 0. The van der Waals surface area contributed by atoms with Crippen molar-refractivity contribution in [1.82, 2.24) is 0 Å². The van der Waals surface area contributed by atoms with Gasteiger partial charge in [-0.1, -0.05) is 105 Å². The summed E-state index contributed by atoms with van der Waals surface area (Å²) in [4.78, 5) is 0. The van der Waals surface area contributed by atoms with Gasteiger partial charge in [0.1, 0.15) is 23.0 Å². The second-order valence-electron chi connectivity index (χ2n) is 13.0. The van der Waals surface area contributed by atoms with Crippen LogP contribution < -0.4 is 19.6 Å². The molecule has 2 aliphatic rings. The summed E-state index contributed by atoms with van der Waals surface area (Å²) in [6.07, 6.45) is 0. The van der Waals surface area contributed by atoms with Gasteiger partial charge in [0.15, 0.2) is 5.75 Å². The monoisotopic (exact) mass is 632 g/mol. The number of ether oxygens (including phenoxy) is 2. The summed E-state index contributed by atoms with van der Waals surface area (Å²) in [5.41, 5.74) is 7.55. The van der Waals surface area contributed by atoms with Crippen LogP contribution in [-0.2, 0) is 5.41 Å². The Hall–Kier alpha value is -5.22. The Labute approximate surface area is 292 Å². The van der Waals surface area contributed by atoms with Crippen LogP contribution in [0.25, 0.3) is 33.4 Å². The first-order valence-electron chi connectivity index (χ1n) is 19.3. The SMILES string of the molecule is [2H]C([2H])([2H])c1c(-c2ccc(C)c(-c3cccc4c3Oc3ccccc3OB4C)c2C)ccc(C)c1-c1cccc2c1Oc1ccccc1C2(C)C([2H])([2H])[2H]. The highest BCUT2D eigenvalue weighted by atomic mass is 16.5. The highest BCUT2D eigenvalue weighted by molar-refractivity contribution is 6.68. The summed E-state index contributed by atoms with van der Waals surface area (Å²) in [6, 6.07) is 34.1. The number of fused-ring (bicyclic) bond motifs is 4. The minimum atomic E-state index is -2.56. The van der Waals surface area contributed by atoms with Gasteiger partial charge in [-0.3, -0.25) is 0 Å².